The molecule has 1 aromatic heterocycles. The van der Waals surface area contributed by atoms with Gasteiger partial charge in [-0.3, -0.25) is 4.79 Å². The van der Waals surface area contributed by atoms with Crippen LogP contribution in [0.3, 0.4) is 0 Å². The topological polar surface area (TPSA) is 68.0 Å². The van der Waals surface area contributed by atoms with Crippen molar-refractivity contribution in [1.82, 2.24) is 4.98 Å². The molecular formula is C12H15N3OS. The summed E-state index contributed by atoms with van der Waals surface area (Å²) in [7, 11) is 0. The van der Waals surface area contributed by atoms with Crippen LogP contribution in [-0.4, -0.2) is 15.9 Å². The summed E-state index contributed by atoms with van der Waals surface area (Å²) in [4.78, 5) is 16.5. The van der Waals surface area contributed by atoms with E-state index in [1.54, 1.807) is 12.3 Å². The van der Waals surface area contributed by atoms with Gasteiger partial charge in [0.1, 0.15) is 5.82 Å². The summed E-state index contributed by atoms with van der Waals surface area (Å²) >= 11 is 4.99. The average molecular weight is 249 g/mol. The van der Waals surface area contributed by atoms with Crippen LogP contribution in [0.1, 0.15) is 24.8 Å². The number of thiocarbonyl (C=S) groups is 1. The summed E-state index contributed by atoms with van der Waals surface area (Å²) in [5.41, 5.74) is 6.06. The van der Waals surface area contributed by atoms with Crippen molar-refractivity contribution in [2.24, 2.45) is 11.1 Å². The van der Waals surface area contributed by atoms with Crippen LogP contribution in [-0.2, 0) is 4.79 Å². The van der Waals surface area contributed by atoms with Crippen molar-refractivity contribution < 1.29 is 4.79 Å². The normalized spacial score (nSPS) is 17.0. The molecule has 1 saturated carbocycles. The van der Waals surface area contributed by atoms with Gasteiger partial charge < -0.3 is 11.1 Å². The maximum atomic E-state index is 12.1. The first-order valence-electron chi connectivity index (χ1n) is 5.59. The lowest BCUT2D eigenvalue weighted by molar-refractivity contribution is -0.125. The highest BCUT2D eigenvalue weighted by Gasteiger charge is 2.47. The van der Waals surface area contributed by atoms with Crippen molar-refractivity contribution >= 4 is 28.9 Å². The van der Waals surface area contributed by atoms with E-state index in [0.717, 1.165) is 24.8 Å². The Bertz CT molecular complexity index is 451. The average Bonchev–Trinajstić information content (AvgIpc) is 2.19. The molecule has 2 rings (SSSR count). The van der Waals surface area contributed by atoms with Gasteiger partial charge in [-0.1, -0.05) is 24.7 Å². The summed E-state index contributed by atoms with van der Waals surface area (Å²) in [5, 5.41) is 2.78. The van der Waals surface area contributed by atoms with Crippen LogP contribution in [0.4, 0.5) is 5.82 Å². The highest BCUT2D eigenvalue weighted by molar-refractivity contribution is 7.80. The lowest BCUT2D eigenvalue weighted by atomic mass is 9.68. The van der Waals surface area contributed by atoms with Gasteiger partial charge in [0, 0.05) is 6.20 Å². The lowest BCUT2D eigenvalue weighted by Crippen LogP contribution is -2.50. The Hall–Kier alpha value is -1.49. The Labute approximate surface area is 106 Å². The van der Waals surface area contributed by atoms with Gasteiger partial charge in [0.15, 0.2) is 0 Å². The third kappa shape index (κ3) is 2.15. The molecule has 1 heterocycles. The zero-order chi connectivity index (χ0) is 12.5. The second kappa shape index (κ2) is 4.41. The fourth-order valence-electron chi connectivity index (χ4n) is 1.89. The Balaban J connectivity index is 2.11. The first-order valence-corrected chi connectivity index (χ1v) is 5.99. The number of carbonyl (C=O) groups is 1. The summed E-state index contributed by atoms with van der Waals surface area (Å²) in [6.07, 6.45) is 4.18. The molecule has 1 aromatic rings. The van der Waals surface area contributed by atoms with Crippen LogP contribution in [0.5, 0.6) is 0 Å². The number of rotatable bonds is 3. The number of hydrogen-bond donors (Lipinski definition) is 2. The molecule has 0 saturated heterocycles. The molecule has 17 heavy (non-hydrogen) atoms. The fraction of sp³-hybridized carbons (Fsp3) is 0.417. The molecule has 5 heteroatoms. The van der Waals surface area contributed by atoms with Crippen molar-refractivity contribution in [3.63, 3.8) is 0 Å². The Morgan fingerprint density at radius 2 is 2.24 bits per heavy atom. The minimum Gasteiger partial charge on any atom is -0.392 e. The monoisotopic (exact) mass is 249 g/mol. The van der Waals surface area contributed by atoms with Gasteiger partial charge in [-0.2, -0.15) is 0 Å². The molecule has 0 spiro atoms. The van der Waals surface area contributed by atoms with Gasteiger partial charge in [0.2, 0.25) is 5.91 Å². The van der Waals surface area contributed by atoms with Crippen molar-refractivity contribution in [3.8, 4) is 0 Å². The van der Waals surface area contributed by atoms with E-state index in [9.17, 15) is 4.79 Å². The molecule has 0 unspecified atom stereocenters. The summed E-state index contributed by atoms with van der Waals surface area (Å²) in [6, 6.07) is 3.68. The van der Waals surface area contributed by atoms with E-state index >= 15 is 0 Å². The van der Waals surface area contributed by atoms with Crippen LogP contribution >= 0.6 is 12.2 Å². The standard InChI is InChI=1S/C12H15N3OS/c1-8-3-4-9(14-7-8)15-11(16)12(10(13)17)5-2-6-12/h3-4,7H,2,5-6H2,1H3,(H2,13,17)(H,14,15,16). The highest BCUT2D eigenvalue weighted by Crippen LogP contribution is 2.42. The maximum absolute atomic E-state index is 12.1. The van der Waals surface area contributed by atoms with E-state index in [1.807, 2.05) is 13.0 Å². The minimum atomic E-state index is -0.651. The smallest absolute Gasteiger partial charge is 0.238 e. The van der Waals surface area contributed by atoms with Gasteiger partial charge in [-0.15, -0.1) is 0 Å². The molecule has 0 aliphatic heterocycles. The molecule has 0 aromatic carbocycles. The zero-order valence-electron chi connectivity index (χ0n) is 9.69. The molecule has 1 fully saturated rings. The molecule has 1 aliphatic carbocycles. The van der Waals surface area contributed by atoms with E-state index in [-0.39, 0.29) is 10.9 Å². The molecule has 90 valence electrons. The van der Waals surface area contributed by atoms with E-state index in [1.165, 1.54) is 0 Å². The van der Waals surface area contributed by atoms with Gasteiger partial charge in [-0.05, 0) is 31.4 Å². The predicted molar refractivity (Wildman–Crippen MR) is 70.7 cm³/mol. The van der Waals surface area contributed by atoms with Gasteiger partial charge in [0.05, 0.1) is 10.4 Å². The quantitative estimate of drug-likeness (QED) is 0.801. The molecule has 3 N–H and O–H groups in total. The van der Waals surface area contributed by atoms with Crippen LogP contribution in [0, 0.1) is 12.3 Å². The van der Waals surface area contributed by atoms with Crippen LogP contribution in [0.25, 0.3) is 0 Å². The van der Waals surface area contributed by atoms with Crippen LogP contribution in [0.2, 0.25) is 0 Å². The number of nitrogens with zero attached hydrogens (tertiary/aromatic N) is 1. The number of nitrogens with two attached hydrogens (primary N) is 1. The van der Waals surface area contributed by atoms with Gasteiger partial charge >= 0.3 is 0 Å². The first-order chi connectivity index (χ1) is 8.04. The molecular weight excluding hydrogens is 234 g/mol. The van der Waals surface area contributed by atoms with Crippen molar-refractivity contribution in [1.29, 1.82) is 0 Å². The number of hydrogen-bond acceptors (Lipinski definition) is 3. The van der Waals surface area contributed by atoms with Gasteiger partial charge in [0.25, 0.3) is 0 Å². The Kier molecular flexibility index (Phi) is 3.11. The van der Waals surface area contributed by atoms with Crippen LogP contribution in [0.15, 0.2) is 18.3 Å². The minimum absolute atomic E-state index is 0.132. The van der Waals surface area contributed by atoms with E-state index < -0.39 is 5.41 Å². The number of anilines is 1. The van der Waals surface area contributed by atoms with Gasteiger partial charge in [-0.25, -0.2) is 4.98 Å². The molecule has 0 bridgehead atoms. The Morgan fingerprint density at radius 3 is 2.65 bits per heavy atom. The van der Waals surface area contributed by atoms with Crippen LogP contribution < -0.4 is 11.1 Å². The fourth-order valence-corrected chi connectivity index (χ4v) is 2.19. The zero-order valence-corrected chi connectivity index (χ0v) is 10.5. The molecule has 1 aliphatic rings. The summed E-state index contributed by atoms with van der Waals surface area (Å²) in [6.45, 7) is 1.95. The lowest BCUT2D eigenvalue weighted by Gasteiger charge is -2.38. The molecule has 0 radical (unpaired) electrons. The van der Waals surface area contributed by atoms with Crippen molar-refractivity contribution in [2.75, 3.05) is 5.32 Å². The Morgan fingerprint density at radius 1 is 1.53 bits per heavy atom. The number of nitrogens with one attached hydrogen (secondary N) is 1. The van der Waals surface area contributed by atoms with E-state index in [4.69, 9.17) is 18.0 Å². The number of carbonyl (C=O) groups excluding carboxylic acids is 1. The molecule has 1 amide bonds. The number of pyridine rings is 1. The first kappa shape index (κ1) is 12.0. The van der Waals surface area contributed by atoms with Crippen molar-refractivity contribution in [3.05, 3.63) is 23.9 Å². The predicted octanol–water partition coefficient (Wildman–Crippen LogP) is 1.78. The third-order valence-electron chi connectivity index (χ3n) is 3.27. The largest absolute Gasteiger partial charge is 0.392 e. The van der Waals surface area contributed by atoms with E-state index in [0.29, 0.717) is 5.82 Å². The second-order valence-electron chi connectivity index (χ2n) is 4.47. The summed E-state index contributed by atoms with van der Waals surface area (Å²) < 4.78 is 0. The number of aromatic nitrogens is 1. The highest BCUT2D eigenvalue weighted by atomic mass is 32.1. The third-order valence-corrected chi connectivity index (χ3v) is 3.66. The maximum Gasteiger partial charge on any atom is 0.238 e. The van der Waals surface area contributed by atoms with Crippen molar-refractivity contribution in [2.45, 2.75) is 26.2 Å². The summed E-state index contributed by atoms with van der Waals surface area (Å²) in [5.74, 6) is 0.413. The number of amides is 1. The van der Waals surface area contributed by atoms with E-state index in [2.05, 4.69) is 10.3 Å². The SMILES string of the molecule is Cc1ccc(NC(=O)C2(C(N)=S)CCC2)nc1. The molecule has 0 atom stereocenters. The number of aryl methyl sites for hydroxylation is 1. The second-order valence-corrected chi connectivity index (χ2v) is 4.91. The molecule has 4 nitrogen and oxygen atoms in total.